The van der Waals surface area contributed by atoms with Gasteiger partial charge in [0, 0.05) is 18.4 Å². The molecule has 1 unspecified atom stereocenters. The van der Waals surface area contributed by atoms with E-state index in [1.54, 1.807) is 31.2 Å². The number of ketones is 1. The average Bonchev–Trinajstić information content (AvgIpc) is 2.79. The lowest BCUT2D eigenvalue weighted by molar-refractivity contribution is -0.197. The Labute approximate surface area is 135 Å². The zero-order valence-electron chi connectivity index (χ0n) is 11.9. The van der Waals surface area contributed by atoms with Crippen LogP contribution in [-0.2, 0) is 25.6 Å². The lowest BCUT2D eigenvalue weighted by Gasteiger charge is -2.12. The molecule has 0 radical (unpaired) electrons. The van der Waals surface area contributed by atoms with Gasteiger partial charge in [-0.2, -0.15) is 0 Å². The van der Waals surface area contributed by atoms with Gasteiger partial charge in [0.2, 0.25) is 0 Å². The number of benzene rings is 1. The van der Waals surface area contributed by atoms with E-state index in [-0.39, 0.29) is 29.9 Å². The van der Waals surface area contributed by atoms with Gasteiger partial charge in [0.15, 0.2) is 5.78 Å². The molecule has 1 saturated heterocycles. The van der Waals surface area contributed by atoms with Crippen LogP contribution in [0.4, 0.5) is 0 Å². The Balaban J connectivity index is 1.96. The summed E-state index contributed by atoms with van der Waals surface area (Å²) in [5.74, 6) is -1.77. The summed E-state index contributed by atoms with van der Waals surface area (Å²) in [4.78, 5) is 50.7. The molecule has 2 amide bonds. The number of rotatable bonds is 5. The molecule has 1 heterocycles. The first-order valence-corrected chi connectivity index (χ1v) is 7.64. The normalized spacial score (nSPS) is 15.8. The number of hydrogen-bond acceptors (Lipinski definition) is 5. The molecule has 0 spiro atoms. The van der Waals surface area contributed by atoms with Crippen molar-refractivity contribution < 1.29 is 24.0 Å². The Kier molecular flexibility index (Phi) is 5.07. The maximum Gasteiger partial charge on any atom is 0.337 e. The van der Waals surface area contributed by atoms with Gasteiger partial charge in [-0.15, -0.1) is 5.06 Å². The predicted octanol–water partition coefficient (Wildman–Crippen LogP) is 1.80. The summed E-state index contributed by atoms with van der Waals surface area (Å²) in [6.07, 6.45) is 0.0384. The summed E-state index contributed by atoms with van der Waals surface area (Å²) in [5.41, 5.74) is 1.16. The lowest BCUT2D eigenvalue weighted by atomic mass is 10.1. The van der Waals surface area contributed by atoms with Gasteiger partial charge in [0.25, 0.3) is 11.8 Å². The average molecular weight is 368 g/mol. The van der Waals surface area contributed by atoms with E-state index >= 15 is 0 Å². The van der Waals surface area contributed by atoms with Crippen LogP contribution in [0.25, 0.3) is 0 Å². The highest BCUT2D eigenvalue weighted by Crippen LogP contribution is 2.14. The summed E-state index contributed by atoms with van der Waals surface area (Å²) in [6, 6.07) is 6.51. The van der Waals surface area contributed by atoms with Gasteiger partial charge >= 0.3 is 5.97 Å². The van der Waals surface area contributed by atoms with Gasteiger partial charge in [-0.1, -0.05) is 40.2 Å². The predicted molar refractivity (Wildman–Crippen MR) is 80.0 cm³/mol. The minimum absolute atomic E-state index is 0.0533. The lowest BCUT2D eigenvalue weighted by Crippen LogP contribution is -2.32. The van der Waals surface area contributed by atoms with E-state index in [0.717, 1.165) is 0 Å². The minimum atomic E-state index is -0.698. The second kappa shape index (κ2) is 6.83. The third-order valence-corrected chi connectivity index (χ3v) is 3.56. The second-order valence-electron chi connectivity index (χ2n) is 4.90. The molecule has 2 rings (SSSR count). The van der Waals surface area contributed by atoms with Crippen molar-refractivity contribution in [1.29, 1.82) is 0 Å². The number of halogens is 1. The number of alkyl halides is 1. The molecule has 1 aromatic rings. The number of hydrogen-bond donors (Lipinski definition) is 0. The van der Waals surface area contributed by atoms with Crippen LogP contribution in [0.15, 0.2) is 24.3 Å². The van der Waals surface area contributed by atoms with Gasteiger partial charge in [-0.3, -0.25) is 14.4 Å². The van der Waals surface area contributed by atoms with E-state index in [9.17, 15) is 19.2 Å². The van der Waals surface area contributed by atoms with Crippen LogP contribution in [0.1, 0.15) is 35.7 Å². The molecule has 0 aromatic heterocycles. The van der Waals surface area contributed by atoms with Crippen molar-refractivity contribution in [3.63, 3.8) is 0 Å². The summed E-state index contributed by atoms with van der Waals surface area (Å²) in [7, 11) is 0. The molecule has 1 aliphatic heterocycles. The molecule has 0 saturated carbocycles. The molecule has 0 bridgehead atoms. The van der Waals surface area contributed by atoms with Crippen LogP contribution in [0, 0.1) is 0 Å². The summed E-state index contributed by atoms with van der Waals surface area (Å²) in [5, 5.41) is 0.521. The Bertz CT molecular complexity index is 607. The highest BCUT2D eigenvalue weighted by molar-refractivity contribution is 9.10. The van der Waals surface area contributed by atoms with Gasteiger partial charge in [-0.25, -0.2) is 4.79 Å². The number of carbonyl (C=O) groups excluding carboxylic acids is 4. The highest BCUT2D eigenvalue weighted by Gasteiger charge is 2.32. The van der Waals surface area contributed by atoms with E-state index in [2.05, 4.69) is 15.9 Å². The molecule has 0 N–H and O–H groups in total. The van der Waals surface area contributed by atoms with Crippen molar-refractivity contribution >= 4 is 39.5 Å². The quantitative estimate of drug-likeness (QED) is 0.450. The molecule has 0 aliphatic carbocycles. The van der Waals surface area contributed by atoms with Gasteiger partial charge < -0.3 is 4.84 Å². The maximum atomic E-state index is 11.8. The third-order valence-electron chi connectivity index (χ3n) is 3.15. The van der Waals surface area contributed by atoms with Crippen LogP contribution in [0.5, 0.6) is 0 Å². The molecule has 1 fully saturated rings. The Hall–Kier alpha value is -2.02. The molecule has 1 atom stereocenters. The second-order valence-corrected chi connectivity index (χ2v) is 6.27. The summed E-state index contributed by atoms with van der Waals surface area (Å²) < 4.78 is 0. The number of Topliss-reactive ketones (excluding diaryl/α,β-unsaturated/α-hetero) is 1. The fourth-order valence-corrected chi connectivity index (χ4v) is 2.24. The number of hydroxylamine groups is 2. The highest BCUT2D eigenvalue weighted by atomic mass is 79.9. The topological polar surface area (TPSA) is 80.8 Å². The smallest absolute Gasteiger partial charge is 0.330 e. The van der Waals surface area contributed by atoms with Crippen LogP contribution < -0.4 is 0 Å². The first kappa shape index (κ1) is 16.4. The van der Waals surface area contributed by atoms with Crippen molar-refractivity contribution in [2.75, 3.05) is 0 Å². The number of amides is 2. The van der Waals surface area contributed by atoms with Gasteiger partial charge in [-0.05, 0) is 12.5 Å². The van der Waals surface area contributed by atoms with E-state index in [4.69, 9.17) is 4.84 Å². The van der Waals surface area contributed by atoms with E-state index < -0.39 is 17.8 Å². The van der Waals surface area contributed by atoms with Crippen molar-refractivity contribution in [3.8, 4) is 0 Å². The van der Waals surface area contributed by atoms with Crippen LogP contribution in [0.3, 0.4) is 0 Å². The standard InChI is InChI=1S/C15H14BrNO5/c1-9(16)15(21)11-4-2-10(3-5-11)8-14(20)22-17-12(18)6-7-13(17)19/h2-5,9H,6-8H2,1H3. The van der Waals surface area contributed by atoms with Crippen molar-refractivity contribution in [2.24, 2.45) is 0 Å². The molecule has 1 aromatic carbocycles. The van der Waals surface area contributed by atoms with Gasteiger partial charge in [0.1, 0.15) is 0 Å². The third kappa shape index (κ3) is 3.79. The van der Waals surface area contributed by atoms with Crippen LogP contribution in [0.2, 0.25) is 0 Å². The Morgan fingerprint density at radius 3 is 2.23 bits per heavy atom. The first-order valence-electron chi connectivity index (χ1n) is 6.72. The van der Waals surface area contributed by atoms with E-state index in [0.29, 0.717) is 16.2 Å². The van der Waals surface area contributed by atoms with E-state index in [1.807, 2.05) is 0 Å². The number of carbonyl (C=O) groups is 4. The zero-order valence-corrected chi connectivity index (χ0v) is 13.5. The monoisotopic (exact) mass is 367 g/mol. The zero-order chi connectivity index (χ0) is 16.3. The fraction of sp³-hybridized carbons (Fsp3) is 0.333. The Morgan fingerprint density at radius 2 is 1.73 bits per heavy atom. The SMILES string of the molecule is CC(Br)C(=O)c1ccc(CC(=O)ON2C(=O)CCC2=O)cc1. The van der Waals surface area contributed by atoms with E-state index in [1.165, 1.54) is 0 Å². The molecular weight excluding hydrogens is 354 g/mol. The largest absolute Gasteiger partial charge is 0.337 e. The molecular formula is C15H14BrNO5. The molecule has 1 aliphatic rings. The van der Waals surface area contributed by atoms with Crippen molar-refractivity contribution in [1.82, 2.24) is 5.06 Å². The van der Waals surface area contributed by atoms with Crippen molar-refractivity contribution in [3.05, 3.63) is 35.4 Å². The van der Waals surface area contributed by atoms with Crippen molar-refractivity contribution in [2.45, 2.75) is 31.0 Å². The molecule has 116 valence electrons. The number of nitrogens with zero attached hydrogens (tertiary/aromatic N) is 1. The summed E-state index contributed by atoms with van der Waals surface area (Å²) in [6.45, 7) is 1.73. The molecule has 6 nitrogen and oxygen atoms in total. The number of imide groups is 1. The van der Waals surface area contributed by atoms with Crippen LogP contribution in [-0.4, -0.2) is 33.5 Å². The van der Waals surface area contributed by atoms with Gasteiger partial charge in [0.05, 0.1) is 11.2 Å². The van der Waals surface area contributed by atoms with Crippen LogP contribution >= 0.6 is 15.9 Å². The fourth-order valence-electron chi connectivity index (χ4n) is 1.98. The molecule has 22 heavy (non-hydrogen) atoms. The maximum absolute atomic E-state index is 11.8. The Morgan fingerprint density at radius 1 is 1.18 bits per heavy atom. The first-order chi connectivity index (χ1) is 10.4. The minimum Gasteiger partial charge on any atom is -0.330 e. The summed E-state index contributed by atoms with van der Waals surface area (Å²) >= 11 is 3.20. The molecule has 7 heteroatoms.